The van der Waals surface area contributed by atoms with Crippen molar-refractivity contribution in [3.05, 3.63) is 29.3 Å². The fourth-order valence-corrected chi connectivity index (χ4v) is 5.74. The number of carbonyl (C=O) groups is 1. The van der Waals surface area contributed by atoms with Crippen molar-refractivity contribution < 1.29 is 14.6 Å². The number of methoxy groups -OCH3 is 1. The Hall–Kier alpha value is -1.59. The molecule has 4 aliphatic rings. The van der Waals surface area contributed by atoms with Gasteiger partial charge in [-0.1, -0.05) is 6.07 Å². The highest BCUT2D eigenvalue weighted by atomic mass is 16.5. The molecular weight excluding hydrogens is 328 g/mol. The number of likely N-dealkylation sites (tertiary alicyclic amines) is 1. The lowest BCUT2D eigenvalue weighted by atomic mass is 9.53. The zero-order valence-electron chi connectivity index (χ0n) is 15.5. The monoisotopic (exact) mass is 356 g/mol. The fourth-order valence-electron chi connectivity index (χ4n) is 5.74. The smallest absolute Gasteiger partial charge is 0.220 e. The lowest BCUT2D eigenvalue weighted by Crippen LogP contribution is -2.73. The molecule has 1 saturated carbocycles. The first-order valence-electron chi connectivity index (χ1n) is 9.96. The molecule has 0 unspecified atom stereocenters. The number of rotatable bonds is 3. The summed E-state index contributed by atoms with van der Waals surface area (Å²) in [5.74, 6) is 1.69. The third-order valence-electron chi connectivity index (χ3n) is 7.40. The molecule has 3 fully saturated rings. The lowest BCUT2D eigenvalue weighted by Gasteiger charge is -2.61. The van der Waals surface area contributed by atoms with E-state index in [9.17, 15) is 9.90 Å². The number of ether oxygens (including phenoxy) is 1. The van der Waals surface area contributed by atoms with Crippen LogP contribution in [0.3, 0.4) is 0 Å². The molecule has 26 heavy (non-hydrogen) atoms. The summed E-state index contributed by atoms with van der Waals surface area (Å²) in [7, 11) is 1.68. The van der Waals surface area contributed by atoms with Gasteiger partial charge in [-0.15, -0.1) is 0 Å². The number of carbonyl (C=O) groups excluding carboxylic acids is 1. The van der Waals surface area contributed by atoms with Gasteiger partial charge in [-0.2, -0.15) is 0 Å². The average molecular weight is 356 g/mol. The van der Waals surface area contributed by atoms with Crippen molar-refractivity contribution in [3.8, 4) is 5.75 Å². The summed E-state index contributed by atoms with van der Waals surface area (Å²) >= 11 is 0. The molecule has 0 spiro atoms. The first-order valence-corrected chi connectivity index (χ1v) is 9.96. The maximum atomic E-state index is 12.2. The molecule has 1 amide bonds. The molecule has 2 N–H and O–H groups in total. The van der Waals surface area contributed by atoms with E-state index in [0.29, 0.717) is 19.4 Å². The van der Waals surface area contributed by atoms with E-state index in [1.165, 1.54) is 24.0 Å². The van der Waals surface area contributed by atoms with Crippen LogP contribution >= 0.6 is 0 Å². The van der Waals surface area contributed by atoms with Crippen molar-refractivity contribution in [2.45, 2.75) is 55.6 Å². The SMILES string of the molecule is COc1ccc2c(c1)[C@]13CCN(CC4CC4)[C@H](C2)[C@]1(O)CCC(=O)NC3. The molecule has 2 saturated heterocycles. The molecule has 5 rings (SSSR count). The summed E-state index contributed by atoms with van der Waals surface area (Å²) in [6, 6.07) is 6.39. The van der Waals surface area contributed by atoms with Crippen molar-refractivity contribution in [1.29, 1.82) is 0 Å². The molecule has 0 aromatic heterocycles. The van der Waals surface area contributed by atoms with Gasteiger partial charge in [-0.3, -0.25) is 9.69 Å². The molecule has 2 aliphatic heterocycles. The van der Waals surface area contributed by atoms with Crippen LogP contribution in [-0.4, -0.2) is 54.3 Å². The Kier molecular flexibility index (Phi) is 3.63. The third kappa shape index (κ3) is 2.26. The van der Waals surface area contributed by atoms with Crippen molar-refractivity contribution in [1.82, 2.24) is 10.2 Å². The van der Waals surface area contributed by atoms with Gasteiger partial charge in [0.05, 0.1) is 12.7 Å². The zero-order chi connectivity index (χ0) is 17.9. The molecule has 2 bridgehead atoms. The Morgan fingerprint density at radius 3 is 2.96 bits per heavy atom. The van der Waals surface area contributed by atoms with Crippen molar-refractivity contribution >= 4 is 5.91 Å². The van der Waals surface area contributed by atoms with E-state index in [2.05, 4.69) is 22.3 Å². The number of nitrogens with one attached hydrogen (secondary N) is 1. The van der Waals surface area contributed by atoms with Gasteiger partial charge in [-0.05, 0) is 67.8 Å². The summed E-state index contributed by atoms with van der Waals surface area (Å²) in [5, 5.41) is 15.2. The van der Waals surface area contributed by atoms with Crippen LogP contribution in [0.1, 0.15) is 43.2 Å². The zero-order valence-corrected chi connectivity index (χ0v) is 15.5. The number of nitrogens with zero attached hydrogens (tertiary/aromatic N) is 1. The van der Waals surface area contributed by atoms with Crippen LogP contribution < -0.4 is 10.1 Å². The third-order valence-corrected chi connectivity index (χ3v) is 7.40. The minimum absolute atomic E-state index is 0.0611. The van der Waals surface area contributed by atoms with Crippen LogP contribution in [0.4, 0.5) is 0 Å². The lowest BCUT2D eigenvalue weighted by molar-refractivity contribution is -0.147. The number of fused-ring (bicyclic) bond motifs is 1. The van der Waals surface area contributed by atoms with Gasteiger partial charge in [0.25, 0.3) is 0 Å². The Bertz CT molecular complexity index is 747. The first-order chi connectivity index (χ1) is 12.6. The van der Waals surface area contributed by atoms with E-state index in [-0.39, 0.29) is 11.9 Å². The van der Waals surface area contributed by atoms with Crippen molar-refractivity contribution in [2.24, 2.45) is 5.92 Å². The van der Waals surface area contributed by atoms with E-state index < -0.39 is 11.0 Å². The highest BCUT2D eigenvalue weighted by Crippen LogP contribution is 2.54. The molecule has 1 aromatic rings. The highest BCUT2D eigenvalue weighted by Gasteiger charge is 2.63. The van der Waals surface area contributed by atoms with Crippen molar-refractivity contribution in [2.75, 3.05) is 26.7 Å². The summed E-state index contributed by atoms with van der Waals surface area (Å²) in [6.45, 7) is 2.61. The number of amides is 1. The summed E-state index contributed by atoms with van der Waals surface area (Å²) in [4.78, 5) is 14.7. The molecule has 0 radical (unpaired) electrons. The predicted molar refractivity (Wildman–Crippen MR) is 98.3 cm³/mol. The van der Waals surface area contributed by atoms with Gasteiger partial charge in [0, 0.05) is 31.0 Å². The van der Waals surface area contributed by atoms with Crippen LogP contribution in [0.15, 0.2) is 18.2 Å². The molecule has 5 nitrogen and oxygen atoms in total. The molecule has 140 valence electrons. The first kappa shape index (κ1) is 16.6. The number of piperidine rings is 1. The Labute approximate surface area is 154 Å². The second kappa shape index (κ2) is 5.70. The largest absolute Gasteiger partial charge is 0.497 e. The van der Waals surface area contributed by atoms with Crippen LogP contribution in [-0.2, 0) is 16.6 Å². The normalized spacial score (nSPS) is 36.5. The van der Waals surface area contributed by atoms with Gasteiger partial charge in [-0.25, -0.2) is 0 Å². The molecular formula is C21H28N2O3. The molecule has 3 atom stereocenters. The minimum atomic E-state index is -0.862. The van der Waals surface area contributed by atoms with Crippen LogP contribution in [0, 0.1) is 5.92 Å². The Morgan fingerprint density at radius 1 is 1.35 bits per heavy atom. The maximum absolute atomic E-state index is 12.2. The standard InChI is InChI=1S/C21H28N2O3/c1-26-16-5-4-15-10-18-21(25)7-6-19(24)22-13-20(21,17(15)11-16)8-9-23(18)12-14-2-3-14/h4-5,11,14,18,25H,2-3,6-10,12-13H2,1H3,(H,22,24)/t18-,20-,21-/m1/s1. The topological polar surface area (TPSA) is 61.8 Å². The van der Waals surface area contributed by atoms with Crippen molar-refractivity contribution in [3.63, 3.8) is 0 Å². The second-order valence-electron chi connectivity index (χ2n) is 8.71. The van der Waals surface area contributed by atoms with E-state index in [1.807, 2.05) is 6.07 Å². The second-order valence-corrected chi connectivity index (χ2v) is 8.71. The number of benzene rings is 1. The van der Waals surface area contributed by atoms with E-state index in [4.69, 9.17) is 4.74 Å². The Balaban J connectivity index is 1.65. The number of hydrogen-bond acceptors (Lipinski definition) is 4. The quantitative estimate of drug-likeness (QED) is 0.864. The molecule has 2 aliphatic carbocycles. The van der Waals surface area contributed by atoms with Crippen LogP contribution in [0.25, 0.3) is 0 Å². The van der Waals surface area contributed by atoms with Gasteiger partial charge in [0.1, 0.15) is 5.75 Å². The summed E-state index contributed by atoms with van der Waals surface area (Å²) in [6.07, 6.45) is 5.33. The van der Waals surface area contributed by atoms with E-state index >= 15 is 0 Å². The van der Waals surface area contributed by atoms with Gasteiger partial charge in [0.15, 0.2) is 0 Å². The fraction of sp³-hybridized carbons (Fsp3) is 0.667. The van der Waals surface area contributed by atoms with Gasteiger partial charge >= 0.3 is 0 Å². The van der Waals surface area contributed by atoms with Gasteiger partial charge < -0.3 is 15.2 Å². The molecule has 5 heteroatoms. The summed E-state index contributed by atoms with van der Waals surface area (Å²) < 4.78 is 5.48. The average Bonchev–Trinajstić information content (AvgIpc) is 3.46. The number of hydrogen-bond donors (Lipinski definition) is 2. The highest BCUT2D eigenvalue weighted by molar-refractivity contribution is 5.77. The Morgan fingerprint density at radius 2 is 2.19 bits per heavy atom. The van der Waals surface area contributed by atoms with Gasteiger partial charge in [0.2, 0.25) is 5.91 Å². The summed E-state index contributed by atoms with van der Waals surface area (Å²) in [5.41, 5.74) is 1.21. The van der Waals surface area contributed by atoms with Crippen LogP contribution in [0.2, 0.25) is 0 Å². The molecule has 2 heterocycles. The predicted octanol–water partition coefficient (Wildman–Crippen LogP) is 1.61. The molecule has 1 aromatic carbocycles. The van der Waals surface area contributed by atoms with E-state index in [1.54, 1.807) is 7.11 Å². The van der Waals surface area contributed by atoms with Crippen LogP contribution in [0.5, 0.6) is 5.75 Å². The minimum Gasteiger partial charge on any atom is -0.497 e. The number of aliphatic hydroxyl groups is 1. The maximum Gasteiger partial charge on any atom is 0.220 e. The van der Waals surface area contributed by atoms with E-state index in [0.717, 1.165) is 37.6 Å².